The molecule has 1 aromatic carbocycles. The summed E-state index contributed by atoms with van der Waals surface area (Å²) in [6, 6.07) is 7.51. The van der Waals surface area contributed by atoms with Crippen LogP contribution in [-0.2, 0) is 6.61 Å². The van der Waals surface area contributed by atoms with Crippen LogP contribution < -0.4 is 10.2 Å². The molecule has 0 unspecified atom stereocenters. The molecule has 0 N–H and O–H groups in total. The minimum absolute atomic E-state index is 0.105. The van der Waals surface area contributed by atoms with Crippen molar-refractivity contribution in [1.29, 1.82) is 0 Å². The highest BCUT2D eigenvalue weighted by molar-refractivity contribution is 6.74. The lowest BCUT2D eigenvalue weighted by Gasteiger charge is -2.19. The molecule has 7 heteroatoms. The molecule has 0 radical (unpaired) electrons. The minimum Gasteiger partial charge on any atom is -0.490 e. The normalized spacial score (nSPS) is 11.4. The lowest BCUT2D eigenvalue weighted by atomic mass is 9.79. The number of pyridine rings is 1. The Morgan fingerprint density at radius 1 is 1.15 bits per heavy atom. The van der Waals surface area contributed by atoms with Gasteiger partial charge in [-0.15, -0.1) is 0 Å². The van der Waals surface area contributed by atoms with Gasteiger partial charge in [-0.05, 0) is 37.3 Å². The van der Waals surface area contributed by atoms with Gasteiger partial charge in [0.2, 0.25) is 0 Å². The summed E-state index contributed by atoms with van der Waals surface area (Å²) >= 11 is 0. The quantitative estimate of drug-likeness (QED) is 0.635. The van der Waals surface area contributed by atoms with Crippen LogP contribution in [0.1, 0.15) is 11.4 Å². The number of hydrogen-bond acceptors (Lipinski definition) is 2. The molecule has 2 rings (SSSR count). The van der Waals surface area contributed by atoms with Gasteiger partial charge < -0.3 is 17.7 Å². The molecule has 20 heavy (non-hydrogen) atoms. The Hall–Kier alpha value is -2.05. The van der Waals surface area contributed by atoms with Gasteiger partial charge in [-0.2, -0.15) is 0 Å². The monoisotopic (exact) mass is 284 g/mol. The summed E-state index contributed by atoms with van der Waals surface area (Å²) < 4.78 is 56.5. The summed E-state index contributed by atoms with van der Waals surface area (Å²) in [5.74, 6) is -1.33. The zero-order valence-electron chi connectivity index (χ0n) is 10.6. The van der Waals surface area contributed by atoms with Crippen molar-refractivity contribution in [1.82, 2.24) is 4.98 Å². The molecular formula is C13H11BF4NO-. The standard InChI is InChI=1S/C13H11BF4NO/c1-9-3-2-4-11(19-9)8-20-13-6-5-10(15)7-12(13)14(16,17)18/h2-7H,8H2,1H3/q-1. The Bertz CT molecular complexity index is 616. The predicted octanol–water partition coefficient (Wildman–Crippen LogP) is 3.16. The predicted molar refractivity (Wildman–Crippen MR) is 68.4 cm³/mol. The second-order valence-electron chi connectivity index (χ2n) is 4.32. The highest BCUT2D eigenvalue weighted by Crippen LogP contribution is 2.19. The summed E-state index contributed by atoms with van der Waals surface area (Å²) in [4.78, 5) is 4.12. The molecule has 0 fully saturated rings. The lowest BCUT2D eigenvalue weighted by Crippen LogP contribution is -2.35. The fourth-order valence-electron chi connectivity index (χ4n) is 1.74. The van der Waals surface area contributed by atoms with E-state index in [2.05, 4.69) is 4.98 Å². The molecule has 0 atom stereocenters. The zero-order chi connectivity index (χ0) is 14.8. The van der Waals surface area contributed by atoms with Crippen LogP contribution in [0.4, 0.5) is 17.3 Å². The minimum atomic E-state index is -5.33. The first kappa shape index (κ1) is 14.4. The molecule has 1 aromatic heterocycles. The van der Waals surface area contributed by atoms with Gasteiger partial charge in [0, 0.05) is 5.69 Å². The molecule has 2 nitrogen and oxygen atoms in total. The number of rotatable bonds is 4. The van der Waals surface area contributed by atoms with Crippen molar-refractivity contribution in [3.8, 4) is 5.75 Å². The van der Waals surface area contributed by atoms with E-state index in [0.717, 1.165) is 17.8 Å². The molecule has 2 aromatic rings. The summed E-state index contributed by atoms with van der Waals surface area (Å²) in [5.41, 5.74) is 0.179. The fourth-order valence-corrected chi connectivity index (χ4v) is 1.74. The molecule has 106 valence electrons. The maximum Gasteiger partial charge on any atom is 0.513 e. The van der Waals surface area contributed by atoms with Crippen LogP contribution in [0.2, 0.25) is 0 Å². The molecule has 0 spiro atoms. The third-order valence-electron chi connectivity index (χ3n) is 2.65. The molecule has 0 aliphatic carbocycles. The van der Waals surface area contributed by atoms with E-state index in [0.29, 0.717) is 11.8 Å². The van der Waals surface area contributed by atoms with Gasteiger partial charge in [-0.25, -0.2) is 4.39 Å². The van der Waals surface area contributed by atoms with Crippen molar-refractivity contribution < 1.29 is 22.1 Å². The van der Waals surface area contributed by atoms with Crippen LogP contribution in [0, 0.1) is 12.7 Å². The molecule has 0 bridgehead atoms. The molecule has 0 saturated heterocycles. The molecule has 0 aliphatic heterocycles. The first-order valence-corrected chi connectivity index (χ1v) is 5.91. The Morgan fingerprint density at radius 2 is 1.90 bits per heavy atom. The van der Waals surface area contributed by atoms with Gasteiger partial charge in [0.1, 0.15) is 12.4 Å². The van der Waals surface area contributed by atoms with E-state index in [-0.39, 0.29) is 12.4 Å². The third-order valence-corrected chi connectivity index (χ3v) is 2.65. The summed E-state index contributed by atoms with van der Waals surface area (Å²) in [6.45, 7) is -3.67. The van der Waals surface area contributed by atoms with Gasteiger partial charge in [0.15, 0.2) is 0 Å². The van der Waals surface area contributed by atoms with Crippen molar-refractivity contribution in [3.63, 3.8) is 0 Å². The van der Waals surface area contributed by atoms with Gasteiger partial charge in [-0.3, -0.25) is 4.98 Å². The number of nitrogens with zero attached hydrogens (tertiary/aromatic N) is 1. The van der Waals surface area contributed by atoms with E-state index in [4.69, 9.17) is 4.74 Å². The largest absolute Gasteiger partial charge is 0.513 e. The molecule has 0 saturated carbocycles. The Morgan fingerprint density at radius 3 is 2.55 bits per heavy atom. The molecular weight excluding hydrogens is 273 g/mol. The van der Waals surface area contributed by atoms with E-state index in [9.17, 15) is 17.3 Å². The smallest absolute Gasteiger partial charge is 0.490 e. The van der Waals surface area contributed by atoms with Crippen molar-refractivity contribution in [3.05, 3.63) is 53.6 Å². The number of hydrogen-bond donors (Lipinski definition) is 0. The van der Waals surface area contributed by atoms with Crippen molar-refractivity contribution >= 4 is 12.4 Å². The highest BCUT2D eigenvalue weighted by atomic mass is 19.4. The van der Waals surface area contributed by atoms with Crippen LogP contribution in [0.3, 0.4) is 0 Å². The summed E-state index contributed by atoms with van der Waals surface area (Å²) in [6.07, 6.45) is 0. The number of ether oxygens (including phenoxy) is 1. The van der Waals surface area contributed by atoms with Crippen molar-refractivity contribution in [2.45, 2.75) is 13.5 Å². The maximum atomic E-state index is 12.9. The maximum absolute atomic E-state index is 12.9. The van der Waals surface area contributed by atoms with Crippen LogP contribution in [0.25, 0.3) is 0 Å². The van der Waals surface area contributed by atoms with Crippen LogP contribution in [0.15, 0.2) is 36.4 Å². The number of aromatic nitrogens is 1. The van der Waals surface area contributed by atoms with Crippen LogP contribution in [0.5, 0.6) is 5.75 Å². The van der Waals surface area contributed by atoms with E-state index in [1.54, 1.807) is 25.1 Å². The summed E-state index contributed by atoms with van der Waals surface area (Å²) in [5, 5.41) is 0. The zero-order valence-corrected chi connectivity index (χ0v) is 10.6. The Labute approximate surface area is 113 Å². The third kappa shape index (κ3) is 3.49. The van der Waals surface area contributed by atoms with E-state index < -0.39 is 18.3 Å². The number of halogens is 4. The Balaban J connectivity index is 2.21. The van der Waals surface area contributed by atoms with Gasteiger partial charge in [0.25, 0.3) is 0 Å². The fraction of sp³-hybridized carbons (Fsp3) is 0.154. The molecule has 0 aliphatic rings. The first-order valence-electron chi connectivity index (χ1n) is 5.91. The number of aryl methyl sites for hydroxylation is 1. The SMILES string of the molecule is Cc1cccc(COc2ccc(F)cc2[B-](F)(F)F)n1. The van der Waals surface area contributed by atoms with Gasteiger partial charge >= 0.3 is 6.98 Å². The lowest BCUT2D eigenvalue weighted by molar-refractivity contribution is 0.301. The van der Waals surface area contributed by atoms with Crippen LogP contribution in [-0.4, -0.2) is 12.0 Å². The summed E-state index contributed by atoms with van der Waals surface area (Å²) in [7, 11) is 0. The topological polar surface area (TPSA) is 22.1 Å². The van der Waals surface area contributed by atoms with Crippen molar-refractivity contribution in [2.24, 2.45) is 0 Å². The van der Waals surface area contributed by atoms with E-state index in [1.807, 2.05) is 0 Å². The second-order valence-corrected chi connectivity index (χ2v) is 4.32. The average Bonchev–Trinajstić information content (AvgIpc) is 2.36. The van der Waals surface area contributed by atoms with Gasteiger partial charge in [-0.1, -0.05) is 11.5 Å². The van der Waals surface area contributed by atoms with Gasteiger partial charge in [0.05, 0.1) is 11.4 Å². The molecule has 1 heterocycles. The van der Waals surface area contributed by atoms with E-state index in [1.165, 1.54) is 0 Å². The Kier molecular flexibility index (Phi) is 3.97. The number of benzene rings is 1. The van der Waals surface area contributed by atoms with E-state index >= 15 is 0 Å². The average molecular weight is 284 g/mol. The molecule has 0 amide bonds. The first-order chi connectivity index (χ1) is 9.36. The second kappa shape index (κ2) is 5.52. The van der Waals surface area contributed by atoms with Crippen LogP contribution >= 0.6 is 0 Å². The highest BCUT2D eigenvalue weighted by Gasteiger charge is 2.29. The van der Waals surface area contributed by atoms with Crippen molar-refractivity contribution in [2.75, 3.05) is 0 Å².